The molecule has 0 aliphatic carbocycles. The van der Waals surface area contributed by atoms with Gasteiger partial charge in [0.25, 0.3) is 11.7 Å². The van der Waals surface area contributed by atoms with Gasteiger partial charge in [0, 0.05) is 0 Å². The number of alkyl halides is 26. The number of rotatable bonds is 16. The minimum Gasteiger partial charge on any atom is -0.364 e. The first-order valence-electron chi connectivity index (χ1n) is 13.9. The lowest BCUT2D eigenvalue weighted by molar-refractivity contribution is -0.459. The molecule has 0 aromatic rings. The van der Waals surface area contributed by atoms with Crippen molar-refractivity contribution < 1.29 is 150 Å². The molecule has 4 unspecified atom stereocenters. The van der Waals surface area contributed by atoms with E-state index in [1.54, 1.807) is 0 Å². The normalized spacial score (nSPS) is 23.6. The Bertz CT molecular complexity index is 1120. The van der Waals surface area contributed by atoms with E-state index in [1.807, 2.05) is 0 Å². The van der Waals surface area contributed by atoms with Crippen LogP contribution >= 0.6 is 0 Å². The smallest absolute Gasteiger partial charge is 0.364 e. The van der Waals surface area contributed by atoms with Gasteiger partial charge in [-0.1, -0.05) is 13.8 Å². The van der Waals surface area contributed by atoms with Gasteiger partial charge in [-0.3, -0.25) is 9.47 Å². The Kier molecular flexibility index (Phi) is 15.6. The molecule has 0 N–H and O–H groups in total. The van der Waals surface area contributed by atoms with Crippen LogP contribution in [-0.2, 0) is 36.0 Å². The van der Waals surface area contributed by atoms with Crippen LogP contribution in [0.5, 0.6) is 0 Å². The molecule has 8 nitrogen and oxygen atoms in total. The fourth-order valence-corrected chi connectivity index (χ4v) is 9.90. The minimum atomic E-state index is -7.75. The van der Waals surface area contributed by atoms with Crippen molar-refractivity contribution in [3.05, 3.63) is 0 Å². The molecular weight excluding hydrogens is 930 g/mol. The van der Waals surface area contributed by atoms with Gasteiger partial charge in [-0.05, 0) is 0 Å². The van der Waals surface area contributed by atoms with Crippen LogP contribution < -0.4 is 0 Å². The molecule has 36 heteroatoms. The van der Waals surface area contributed by atoms with Crippen LogP contribution in [0.1, 0.15) is 13.8 Å². The second-order valence-corrected chi connectivity index (χ2v) is 17.1. The average molecular weight is 951 g/mol. The van der Waals surface area contributed by atoms with Crippen molar-refractivity contribution in [3.63, 3.8) is 0 Å². The van der Waals surface area contributed by atoms with E-state index in [4.69, 9.17) is 0 Å². The van der Waals surface area contributed by atoms with Gasteiger partial charge >= 0.3 is 72.8 Å². The Labute approximate surface area is 300 Å². The number of halogens is 26. The van der Waals surface area contributed by atoms with Crippen LogP contribution in [-0.4, -0.2) is 124 Å². The largest absolute Gasteiger partial charge is 0.511 e. The third-order valence-corrected chi connectivity index (χ3v) is 12.7. The highest BCUT2D eigenvalue weighted by Crippen LogP contribution is 2.67. The topological polar surface area (TPSA) is 73.8 Å². The summed E-state index contributed by atoms with van der Waals surface area (Å²) in [5.74, 6) is -20.4. The van der Waals surface area contributed by atoms with Gasteiger partial charge in [-0.15, -0.1) is 0 Å². The highest BCUT2D eigenvalue weighted by atomic mass is 28.4. The predicted octanol–water partition coefficient (Wildman–Crippen LogP) is 9.32. The summed E-state index contributed by atoms with van der Waals surface area (Å²) in [5.41, 5.74) is -9.23. The van der Waals surface area contributed by atoms with Crippen molar-refractivity contribution in [2.24, 2.45) is 0 Å². The molecule has 1 fully saturated rings. The maximum atomic E-state index is 17.3. The Morgan fingerprint density at radius 3 is 0.649 bits per heavy atom. The Morgan fingerprint density at radius 2 is 0.526 bits per heavy atom. The molecule has 1 saturated heterocycles. The van der Waals surface area contributed by atoms with Crippen LogP contribution in [0.4, 0.5) is 114 Å². The maximum Gasteiger partial charge on any atom is 0.511 e. The third-order valence-electron chi connectivity index (χ3n) is 6.59. The molecule has 0 radical (unpaired) electrons. The number of hydrogen-bond donors (Lipinski definition) is 0. The lowest BCUT2D eigenvalue weighted by Gasteiger charge is -2.46. The molecule has 0 bridgehead atoms. The van der Waals surface area contributed by atoms with Crippen LogP contribution in [0.25, 0.3) is 0 Å². The lowest BCUT2D eigenvalue weighted by atomic mass is 10.0. The van der Waals surface area contributed by atoms with Crippen LogP contribution in [0, 0.1) is 0 Å². The van der Waals surface area contributed by atoms with Gasteiger partial charge < -0.3 is 26.6 Å². The first-order valence-corrected chi connectivity index (χ1v) is 17.5. The molecule has 1 aliphatic heterocycles. The van der Waals surface area contributed by atoms with Gasteiger partial charge in [-0.2, -0.15) is 105 Å². The van der Waals surface area contributed by atoms with Gasteiger partial charge in [0.2, 0.25) is 0 Å². The van der Waals surface area contributed by atoms with Gasteiger partial charge in [0.15, 0.2) is 0 Å². The summed E-state index contributed by atoms with van der Waals surface area (Å²) in [7, 11) is -15.5. The van der Waals surface area contributed by atoms with Crippen LogP contribution in [0.15, 0.2) is 0 Å². The molecule has 0 saturated carbocycles. The van der Waals surface area contributed by atoms with E-state index in [1.165, 1.54) is 0 Å². The van der Waals surface area contributed by atoms with Gasteiger partial charge in [0.1, 0.15) is 39.6 Å². The van der Waals surface area contributed by atoms with E-state index in [2.05, 4.69) is 36.0 Å². The van der Waals surface area contributed by atoms with Crippen LogP contribution in [0.3, 0.4) is 0 Å². The Balaban J connectivity index is 4.59. The molecule has 4 atom stereocenters. The maximum absolute atomic E-state index is 17.3. The van der Waals surface area contributed by atoms with E-state index < -0.39 is 149 Å². The second kappa shape index (κ2) is 16.6. The molecule has 1 aliphatic rings. The summed E-state index contributed by atoms with van der Waals surface area (Å²) in [4.78, 5) is 0. The summed E-state index contributed by atoms with van der Waals surface area (Å²) in [6, 6.07) is 0. The van der Waals surface area contributed by atoms with Gasteiger partial charge in [0.05, 0.1) is 11.1 Å². The van der Waals surface area contributed by atoms with E-state index in [0.29, 0.717) is 0 Å². The summed E-state index contributed by atoms with van der Waals surface area (Å²) >= 11 is 0. The third kappa shape index (κ3) is 13.9. The first kappa shape index (κ1) is 53.3. The zero-order chi connectivity index (χ0) is 45.6. The fraction of sp³-hybridized carbons (Fsp3) is 1.00. The van der Waals surface area contributed by atoms with E-state index >= 15 is 8.78 Å². The summed E-state index contributed by atoms with van der Waals surface area (Å²) in [5, 5.41) is 0. The monoisotopic (exact) mass is 950 g/mol. The SMILES string of the molecule is CC(C1(F)OC(C(F)(F)F)(C(F)(F)F)OC1(F)C(C)[Si](OCC(F)(F)F)(OCC(F)(F)F)OCC(F)(F)F)[Si](OCC(F)(F)F)(OCC(F)(F)F)OCC(F)(F)F. The number of ether oxygens (including phenoxy) is 2. The minimum absolute atomic E-state index is 0.768. The first-order chi connectivity index (χ1) is 24.7. The Morgan fingerprint density at radius 1 is 0.368 bits per heavy atom. The average Bonchev–Trinajstić information content (AvgIpc) is 3.23. The highest BCUT2D eigenvalue weighted by molar-refractivity contribution is 6.63. The number of hydrogen-bond acceptors (Lipinski definition) is 8. The summed E-state index contributed by atoms with van der Waals surface area (Å²) < 4.78 is 386. The second-order valence-electron chi connectivity index (χ2n) is 11.2. The molecule has 342 valence electrons. The van der Waals surface area contributed by atoms with Crippen molar-refractivity contribution in [2.45, 2.75) is 91.8 Å². The fourth-order valence-electron chi connectivity index (χ4n) is 4.29. The molecule has 0 aromatic carbocycles. The molecule has 0 aromatic heterocycles. The summed E-state index contributed by atoms with van der Waals surface area (Å²) in [6.45, 7) is -21.8. The zero-order valence-corrected chi connectivity index (χ0v) is 29.0. The van der Waals surface area contributed by atoms with E-state index in [9.17, 15) is 105 Å². The molecule has 0 spiro atoms. The van der Waals surface area contributed by atoms with Gasteiger partial charge in [-0.25, -0.2) is 8.78 Å². The van der Waals surface area contributed by atoms with Crippen molar-refractivity contribution in [3.8, 4) is 0 Å². The highest BCUT2D eigenvalue weighted by Gasteiger charge is 2.91. The van der Waals surface area contributed by atoms with Crippen molar-refractivity contribution >= 4 is 17.6 Å². The van der Waals surface area contributed by atoms with Crippen molar-refractivity contribution in [1.29, 1.82) is 0 Å². The standard InChI is InChI=1S/C21H20F26O8Si2/c1-9(56(48-3-11(22,23)24,49-4-12(25,26)27)50-5-13(28,29)30)17(40)18(41,55-19(54-17,20(42,43)44)21(45,46)47)10(2)57(51-6-14(31,32)33,52-7-15(34,35)36)53-8-16(37,38)39/h9-10H,3-8H2,1-2H3. The lowest BCUT2D eigenvalue weighted by Crippen LogP contribution is -2.67. The summed E-state index contributed by atoms with van der Waals surface area (Å²) in [6.07, 6.45) is -51.9. The Hall–Kier alpha value is -1.71. The quantitative estimate of drug-likeness (QED) is 0.112. The van der Waals surface area contributed by atoms with Crippen molar-refractivity contribution in [1.82, 2.24) is 0 Å². The molecule has 1 rings (SSSR count). The molecule has 1 heterocycles. The van der Waals surface area contributed by atoms with Crippen LogP contribution in [0.2, 0.25) is 11.1 Å². The zero-order valence-electron chi connectivity index (χ0n) is 27.0. The van der Waals surface area contributed by atoms with E-state index in [0.717, 1.165) is 0 Å². The predicted molar refractivity (Wildman–Crippen MR) is 127 cm³/mol. The van der Waals surface area contributed by atoms with E-state index in [-0.39, 0.29) is 0 Å². The van der Waals surface area contributed by atoms with Crippen molar-refractivity contribution in [2.75, 3.05) is 39.6 Å². The molecule has 0 amide bonds. The molecular formula is C21H20F26O8Si2. The molecule has 57 heavy (non-hydrogen) atoms.